The minimum absolute atomic E-state index is 0.290. The van der Waals surface area contributed by atoms with Gasteiger partial charge in [0.15, 0.2) is 0 Å². The number of aromatic amines is 1. The molecule has 0 unspecified atom stereocenters. The summed E-state index contributed by atoms with van der Waals surface area (Å²) in [4.78, 5) is 5.87. The van der Waals surface area contributed by atoms with Gasteiger partial charge >= 0.3 is 0 Å². The van der Waals surface area contributed by atoms with Crippen LogP contribution in [-0.4, -0.2) is 38.5 Å². The maximum Gasteiger partial charge on any atom is 0.254 e. The zero-order valence-electron chi connectivity index (χ0n) is 10.6. The zero-order valence-corrected chi connectivity index (χ0v) is 11.4. The Hall–Kier alpha value is -0.890. The van der Waals surface area contributed by atoms with Crippen LogP contribution < -0.4 is 10.1 Å². The third-order valence-electron chi connectivity index (χ3n) is 3.00. The van der Waals surface area contributed by atoms with Crippen LogP contribution in [0.5, 0.6) is 0 Å². The molecule has 1 fully saturated rings. The summed E-state index contributed by atoms with van der Waals surface area (Å²) in [6, 6.07) is 1.66. The molecule has 6 nitrogen and oxygen atoms in total. The maximum absolute atomic E-state index is 12.1. The van der Waals surface area contributed by atoms with E-state index in [1.165, 1.54) is 12.6 Å². The number of nitrogens with zero attached hydrogens (tertiary/aromatic N) is 1. The van der Waals surface area contributed by atoms with Gasteiger partial charge in [-0.25, -0.2) is 13.4 Å². The summed E-state index contributed by atoms with van der Waals surface area (Å²) in [6.45, 7) is 2.19. The normalized spacial score (nSPS) is 18.1. The molecule has 1 aliphatic heterocycles. The van der Waals surface area contributed by atoms with E-state index in [-0.39, 0.29) is 0 Å². The fraction of sp³-hybridized carbons (Fsp3) is 0.636. The Morgan fingerprint density at radius 1 is 1.33 bits per heavy atom. The van der Waals surface area contributed by atoms with Gasteiger partial charge in [-0.2, -0.15) is 0 Å². The first-order valence-electron chi connectivity index (χ1n) is 6.21. The highest BCUT2D eigenvalue weighted by atomic mass is 32.2. The Kier molecular flexibility index (Phi) is 4.39. The predicted octanol–water partition coefficient (Wildman–Crippen LogP) is 0.413. The molecule has 7 heteroatoms. The van der Waals surface area contributed by atoms with Crippen molar-refractivity contribution in [3.05, 3.63) is 18.0 Å². The number of sulfonamides is 1. The molecule has 0 bridgehead atoms. The molecule has 0 radical (unpaired) electrons. The van der Waals surface area contributed by atoms with Crippen molar-refractivity contribution in [2.24, 2.45) is 0 Å². The van der Waals surface area contributed by atoms with Crippen LogP contribution in [-0.2, 0) is 16.6 Å². The van der Waals surface area contributed by atoms with Crippen molar-refractivity contribution in [3.63, 3.8) is 0 Å². The topological polar surface area (TPSA) is 77.2 Å². The van der Waals surface area contributed by atoms with Crippen molar-refractivity contribution < 1.29 is 8.42 Å². The summed E-state index contributed by atoms with van der Waals surface area (Å²) >= 11 is 0. The number of piperidine rings is 1. The summed E-state index contributed by atoms with van der Waals surface area (Å²) in [7, 11) is -1.62. The summed E-state index contributed by atoms with van der Waals surface area (Å²) in [5.41, 5.74) is 0.858. The van der Waals surface area contributed by atoms with Crippen molar-refractivity contribution in [2.45, 2.75) is 30.7 Å². The minimum atomic E-state index is -3.44. The van der Waals surface area contributed by atoms with Gasteiger partial charge in [0, 0.05) is 31.5 Å². The van der Waals surface area contributed by atoms with Crippen molar-refractivity contribution in [2.75, 3.05) is 20.1 Å². The third-order valence-corrected chi connectivity index (χ3v) is 4.35. The molecule has 0 aromatic carbocycles. The molecule has 102 valence electrons. The van der Waals surface area contributed by atoms with Gasteiger partial charge in [0.25, 0.3) is 10.0 Å². The van der Waals surface area contributed by atoms with E-state index in [0.717, 1.165) is 31.6 Å². The smallest absolute Gasteiger partial charge is 0.254 e. The fourth-order valence-electron chi connectivity index (χ4n) is 2.07. The molecule has 0 amide bonds. The lowest BCUT2D eigenvalue weighted by molar-refractivity contribution is 0.200. The van der Waals surface area contributed by atoms with Gasteiger partial charge in [-0.15, -0.1) is 4.83 Å². The highest BCUT2D eigenvalue weighted by Crippen LogP contribution is 2.13. The molecule has 2 rings (SSSR count). The first kappa shape index (κ1) is 13.5. The van der Waals surface area contributed by atoms with E-state index in [1.807, 2.05) is 7.05 Å². The second kappa shape index (κ2) is 5.83. The number of hydrazine groups is 1. The molecule has 1 aromatic heterocycles. The Bertz CT molecular complexity index is 477. The largest absolute Gasteiger partial charge is 0.363 e. The van der Waals surface area contributed by atoms with Crippen molar-refractivity contribution in [1.29, 1.82) is 0 Å². The molecule has 0 spiro atoms. The van der Waals surface area contributed by atoms with E-state index in [2.05, 4.69) is 15.1 Å². The number of hydrogen-bond acceptors (Lipinski definition) is 4. The number of hydrogen-bond donors (Lipinski definition) is 3. The van der Waals surface area contributed by atoms with Crippen LogP contribution in [0.2, 0.25) is 0 Å². The fourth-order valence-corrected chi connectivity index (χ4v) is 3.21. The van der Waals surface area contributed by atoms with E-state index in [0.29, 0.717) is 11.4 Å². The van der Waals surface area contributed by atoms with Crippen LogP contribution in [0.25, 0.3) is 0 Å². The van der Waals surface area contributed by atoms with Crippen LogP contribution in [0.15, 0.2) is 17.2 Å². The van der Waals surface area contributed by atoms with Gasteiger partial charge in [-0.1, -0.05) is 6.42 Å². The van der Waals surface area contributed by atoms with E-state index in [4.69, 9.17) is 0 Å². The number of rotatable bonds is 5. The van der Waals surface area contributed by atoms with Gasteiger partial charge in [-0.05, 0) is 26.0 Å². The van der Waals surface area contributed by atoms with Crippen LogP contribution in [0, 0.1) is 0 Å². The molecular formula is C11H20N4O2S. The molecule has 0 atom stereocenters. The van der Waals surface area contributed by atoms with Gasteiger partial charge in [-0.3, -0.25) is 0 Å². The van der Waals surface area contributed by atoms with E-state index >= 15 is 0 Å². The quantitative estimate of drug-likeness (QED) is 0.726. The number of H-pyrrole nitrogens is 1. The summed E-state index contributed by atoms with van der Waals surface area (Å²) in [6.07, 6.45) is 4.79. The first-order valence-corrected chi connectivity index (χ1v) is 7.69. The second-order valence-electron chi connectivity index (χ2n) is 4.53. The zero-order chi connectivity index (χ0) is 13.0. The SMILES string of the molecule is CNCc1cc(S(=O)(=O)NN2CCCCC2)c[nH]1. The molecule has 1 saturated heterocycles. The Morgan fingerprint density at radius 3 is 2.72 bits per heavy atom. The second-order valence-corrected chi connectivity index (χ2v) is 6.19. The maximum atomic E-state index is 12.1. The van der Waals surface area contributed by atoms with Crippen molar-refractivity contribution >= 4 is 10.0 Å². The van der Waals surface area contributed by atoms with E-state index in [1.54, 1.807) is 11.1 Å². The van der Waals surface area contributed by atoms with Crippen molar-refractivity contribution in [1.82, 2.24) is 20.1 Å². The first-order chi connectivity index (χ1) is 8.62. The number of nitrogens with one attached hydrogen (secondary N) is 3. The van der Waals surface area contributed by atoms with Gasteiger partial charge in [0.1, 0.15) is 4.90 Å². The molecule has 2 heterocycles. The third kappa shape index (κ3) is 3.32. The summed E-state index contributed by atoms with van der Waals surface area (Å²) in [5.74, 6) is 0. The Balaban J connectivity index is 2.04. The van der Waals surface area contributed by atoms with Crippen LogP contribution >= 0.6 is 0 Å². The molecule has 3 N–H and O–H groups in total. The molecule has 18 heavy (non-hydrogen) atoms. The Labute approximate surface area is 108 Å². The van der Waals surface area contributed by atoms with Crippen LogP contribution in [0.1, 0.15) is 25.0 Å². The van der Waals surface area contributed by atoms with Gasteiger partial charge < -0.3 is 10.3 Å². The Morgan fingerprint density at radius 2 is 2.06 bits per heavy atom. The lowest BCUT2D eigenvalue weighted by Crippen LogP contribution is -2.44. The molecule has 1 aliphatic rings. The van der Waals surface area contributed by atoms with Gasteiger partial charge in [0.2, 0.25) is 0 Å². The monoisotopic (exact) mass is 272 g/mol. The molecule has 1 aromatic rings. The lowest BCUT2D eigenvalue weighted by Gasteiger charge is -2.26. The van der Waals surface area contributed by atoms with Gasteiger partial charge in [0.05, 0.1) is 0 Å². The predicted molar refractivity (Wildman–Crippen MR) is 69.3 cm³/mol. The standard InChI is InChI=1S/C11H20N4O2S/c1-12-8-10-7-11(9-13-10)18(16,17)14-15-5-3-2-4-6-15/h7,9,12-14H,2-6,8H2,1H3. The highest BCUT2D eigenvalue weighted by molar-refractivity contribution is 7.89. The number of aromatic nitrogens is 1. The molecule has 0 saturated carbocycles. The summed E-state index contributed by atoms with van der Waals surface area (Å²) < 4.78 is 24.2. The summed E-state index contributed by atoms with van der Waals surface area (Å²) in [5, 5.41) is 4.75. The molecular weight excluding hydrogens is 252 g/mol. The van der Waals surface area contributed by atoms with Crippen molar-refractivity contribution in [3.8, 4) is 0 Å². The highest BCUT2D eigenvalue weighted by Gasteiger charge is 2.20. The average Bonchev–Trinajstić information content (AvgIpc) is 2.80. The molecule has 0 aliphatic carbocycles. The van der Waals surface area contributed by atoms with Crippen LogP contribution in [0.4, 0.5) is 0 Å². The minimum Gasteiger partial charge on any atom is -0.363 e. The van der Waals surface area contributed by atoms with E-state index in [9.17, 15) is 8.42 Å². The average molecular weight is 272 g/mol. The van der Waals surface area contributed by atoms with Crippen LogP contribution in [0.3, 0.4) is 0 Å². The lowest BCUT2D eigenvalue weighted by atomic mass is 10.2. The van der Waals surface area contributed by atoms with E-state index < -0.39 is 10.0 Å².